The molecule has 0 aliphatic carbocycles. The van der Waals surface area contributed by atoms with Gasteiger partial charge in [-0.2, -0.15) is 0 Å². The Bertz CT molecular complexity index is 457. The van der Waals surface area contributed by atoms with Gasteiger partial charge in [0.25, 0.3) is 0 Å². The molecule has 0 radical (unpaired) electrons. The Balaban J connectivity index is 3.26. The summed E-state index contributed by atoms with van der Waals surface area (Å²) in [5.41, 5.74) is 0.0448. The van der Waals surface area contributed by atoms with Gasteiger partial charge in [0.05, 0.1) is 25.3 Å². The fourth-order valence-electron chi connectivity index (χ4n) is 1.96. The number of carbonyl (C=O) groups excluding carboxylic acids is 1. The zero-order valence-corrected chi connectivity index (χ0v) is 12.6. The lowest BCUT2D eigenvalue weighted by atomic mass is 9.87. The van der Waals surface area contributed by atoms with E-state index in [-0.39, 0.29) is 5.78 Å². The van der Waals surface area contributed by atoms with Gasteiger partial charge in [-0.15, -0.1) is 0 Å². The number of hydrogen-bond acceptors (Lipinski definition) is 4. The third kappa shape index (κ3) is 2.89. The lowest BCUT2D eigenvalue weighted by Crippen LogP contribution is -2.48. The van der Waals surface area contributed by atoms with Crippen LogP contribution in [0, 0.1) is 0 Å². The summed E-state index contributed by atoms with van der Waals surface area (Å²) in [7, 11) is 6.98. The molecule has 0 heterocycles. The second kappa shape index (κ2) is 6.06. The topological polar surface area (TPSA) is 38.8 Å². The van der Waals surface area contributed by atoms with Gasteiger partial charge >= 0.3 is 0 Å². The standard InChI is InChI=1S/C15H23NO3/c1-7-15(2,16(3)4)14(17)12-9-8-11(18-5)10-13(12)19-6/h8-10H,7H2,1-6H3. The van der Waals surface area contributed by atoms with Gasteiger partial charge < -0.3 is 9.47 Å². The highest BCUT2D eigenvalue weighted by atomic mass is 16.5. The van der Waals surface area contributed by atoms with Gasteiger partial charge in [0.1, 0.15) is 11.5 Å². The SMILES string of the molecule is CCC(C)(C(=O)c1ccc(OC)cc1OC)N(C)C. The van der Waals surface area contributed by atoms with E-state index in [1.165, 1.54) is 0 Å². The van der Waals surface area contributed by atoms with Crippen LogP contribution >= 0.6 is 0 Å². The summed E-state index contributed by atoms with van der Waals surface area (Å²) < 4.78 is 10.5. The van der Waals surface area contributed by atoms with Crippen molar-refractivity contribution in [1.82, 2.24) is 4.90 Å². The van der Waals surface area contributed by atoms with E-state index < -0.39 is 5.54 Å². The highest BCUT2D eigenvalue weighted by molar-refractivity contribution is 6.05. The molecule has 19 heavy (non-hydrogen) atoms. The fourth-order valence-corrected chi connectivity index (χ4v) is 1.96. The first kappa shape index (κ1) is 15.5. The molecule has 1 atom stereocenters. The van der Waals surface area contributed by atoms with Crippen LogP contribution in [-0.2, 0) is 0 Å². The number of Topliss-reactive ketones (excluding diaryl/α,β-unsaturated/α-hetero) is 1. The molecule has 0 fully saturated rings. The molecule has 0 aliphatic rings. The van der Waals surface area contributed by atoms with Gasteiger partial charge in [-0.3, -0.25) is 9.69 Å². The minimum atomic E-state index is -0.540. The molecule has 4 nitrogen and oxygen atoms in total. The largest absolute Gasteiger partial charge is 0.497 e. The van der Waals surface area contributed by atoms with Crippen LogP contribution in [0.1, 0.15) is 30.6 Å². The average molecular weight is 265 g/mol. The zero-order chi connectivity index (χ0) is 14.6. The van der Waals surface area contributed by atoms with Crippen molar-refractivity contribution in [1.29, 1.82) is 0 Å². The molecular weight excluding hydrogens is 242 g/mol. The van der Waals surface area contributed by atoms with Crippen molar-refractivity contribution >= 4 is 5.78 Å². The molecule has 0 aliphatic heterocycles. The van der Waals surface area contributed by atoms with Crippen LogP contribution in [0.2, 0.25) is 0 Å². The number of nitrogens with zero attached hydrogens (tertiary/aromatic N) is 1. The Labute approximate surface area is 115 Å². The smallest absolute Gasteiger partial charge is 0.186 e. The van der Waals surface area contributed by atoms with E-state index in [2.05, 4.69) is 0 Å². The summed E-state index contributed by atoms with van der Waals surface area (Å²) in [4.78, 5) is 14.7. The van der Waals surface area contributed by atoms with Crippen molar-refractivity contribution in [2.45, 2.75) is 25.8 Å². The van der Waals surface area contributed by atoms with Crippen LogP contribution in [0.15, 0.2) is 18.2 Å². The third-order valence-electron chi connectivity index (χ3n) is 3.82. The van der Waals surface area contributed by atoms with Gasteiger partial charge in [-0.1, -0.05) is 6.92 Å². The molecule has 0 amide bonds. The molecule has 0 bridgehead atoms. The Kier molecular flexibility index (Phi) is 4.95. The highest BCUT2D eigenvalue weighted by Gasteiger charge is 2.35. The maximum Gasteiger partial charge on any atom is 0.186 e. The summed E-state index contributed by atoms with van der Waals surface area (Å²) in [6.45, 7) is 3.95. The van der Waals surface area contributed by atoms with Gasteiger partial charge in [0.2, 0.25) is 0 Å². The first-order chi connectivity index (χ1) is 8.90. The minimum absolute atomic E-state index is 0.0551. The number of likely N-dealkylation sites (N-methyl/N-ethyl adjacent to an activating group) is 1. The highest BCUT2D eigenvalue weighted by Crippen LogP contribution is 2.30. The number of rotatable bonds is 6. The molecule has 1 rings (SSSR count). The molecule has 0 saturated heterocycles. The molecule has 0 spiro atoms. The third-order valence-corrected chi connectivity index (χ3v) is 3.82. The zero-order valence-electron chi connectivity index (χ0n) is 12.6. The predicted octanol–water partition coefficient (Wildman–Crippen LogP) is 2.62. The summed E-state index contributed by atoms with van der Waals surface area (Å²) in [6, 6.07) is 5.28. The van der Waals surface area contributed by atoms with Crippen LogP contribution in [0.4, 0.5) is 0 Å². The summed E-state index contributed by atoms with van der Waals surface area (Å²) >= 11 is 0. The number of ether oxygens (including phenoxy) is 2. The summed E-state index contributed by atoms with van der Waals surface area (Å²) in [5, 5.41) is 0. The van der Waals surface area contributed by atoms with Crippen LogP contribution in [0.3, 0.4) is 0 Å². The summed E-state index contributed by atoms with van der Waals surface area (Å²) in [6.07, 6.45) is 0.730. The normalized spacial score (nSPS) is 14.1. The molecular formula is C15H23NO3. The maximum absolute atomic E-state index is 12.8. The van der Waals surface area contributed by atoms with Crippen molar-refractivity contribution in [3.8, 4) is 11.5 Å². The maximum atomic E-state index is 12.8. The number of methoxy groups -OCH3 is 2. The van der Waals surface area contributed by atoms with Gasteiger partial charge in [-0.05, 0) is 39.6 Å². The number of ketones is 1. The van der Waals surface area contributed by atoms with Crippen molar-refractivity contribution in [3.63, 3.8) is 0 Å². The van der Waals surface area contributed by atoms with E-state index in [9.17, 15) is 4.79 Å². The van der Waals surface area contributed by atoms with Gasteiger partial charge in [0.15, 0.2) is 5.78 Å². The van der Waals surface area contributed by atoms with Crippen LogP contribution < -0.4 is 9.47 Å². The number of hydrogen-bond donors (Lipinski definition) is 0. The molecule has 1 aromatic rings. The molecule has 1 aromatic carbocycles. The second-order valence-electron chi connectivity index (χ2n) is 4.92. The van der Waals surface area contributed by atoms with E-state index in [4.69, 9.17) is 9.47 Å². The molecule has 0 aromatic heterocycles. The predicted molar refractivity (Wildman–Crippen MR) is 76.3 cm³/mol. The minimum Gasteiger partial charge on any atom is -0.497 e. The molecule has 4 heteroatoms. The lowest BCUT2D eigenvalue weighted by Gasteiger charge is -2.34. The molecule has 106 valence electrons. The van der Waals surface area contributed by atoms with Crippen LogP contribution in [-0.4, -0.2) is 44.5 Å². The molecule has 0 saturated carbocycles. The monoisotopic (exact) mass is 265 g/mol. The Morgan fingerprint density at radius 2 is 1.89 bits per heavy atom. The van der Waals surface area contributed by atoms with Crippen LogP contribution in [0.5, 0.6) is 11.5 Å². The van der Waals surface area contributed by atoms with E-state index in [1.807, 2.05) is 32.8 Å². The van der Waals surface area contributed by atoms with Crippen molar-refractivity contribution in [3.05, 3.63) is 23.8 Å². The second-order valence-corrected chi connectivity index (χ2v) is 4.92. The molecule has 1 unspecified atom stereocenters. The molecule has 0 N–H and O–H groups in total. The van der Waals surface area contributed by atoms with Crippen molar-refractivity contribution in [2.75, 3.05) is 28.3 Å². The van der Waals surface area contributed by atoms with Gasteiger partial charge in [0, 0.05) is 6.07 Å². The van der Waals surface area contributed by atoms with Crippen molar-refractivity contribution < 1.29 is 14.3 Å². The Morgan fingerprint density at radius 1 is 1.26 bits per heavy atom. The van der Waals surface area contributed by atoms with E-state index in [0.717, 1.165) is 6.42 Å². The fraction of sp³-hybridized carbons (Fsp3) is 0.533. The first-order valence-corrected chi connectivity index (χ1v) is 6.35. The lowest BCUT2D eigenvalue weighted by molar-refractivity contribution is 0.0707. The van der Waals surface area contributed by atoms with E-state index in [1.54, 1.807) is 32.4 Å². The van der Waals surface area contributed by atoms with Crippen molar-refractivity contribution in [2.24, 2.45) is 0 Å². The summed E-state index contributed by atoms with van der Waals surface area (Å²) in [5.74, 6) is 1.28. The van der Waals surface area contributed by atoms with E-state index in [0.29, 0.717) is 17.1 Å². The quantitative estimate of drug-likeness (QED) is 0.741. The number of carbonyl (C=O) groups is 1. The van der Waals surface area contributed by atoms with Gasteiger partial charge in [-0.25, -0.2) is 0 Å². The van der Waals surface area contributed by atoms with E-state index >= 15 is 0 Å². The average Bonchev–Trinajstić information content (AvgIpc) is 2.44. The Morgan fingerprint density at radius 3 is 2.32 bits per heavy atom. The first-order valence-electron chi connectivity index (χ1n) is 6.35. The van der Waals surface area contributed by atoms with Crippen LogP contribution in [0.25, 0.3) is 0 Å². The number of benzene rings is 1. The Hall–Kier alpha value is -1.55.